The predicted octanol–water partition coefficient (Wildman–Crippen LogP) is 3.32. The van der Waals surface area contributed by atoms with Crippen molar-refractivity contribution in [3.05, 3.63) is 29.6 Å². The quantitative estimate of drug-likeness (QED) is 0.772. The maximum absolute atomic E-state index is 13.6. The van der Waals surface area contributed by atoms with Gasteiger partial charge in [-0.1, -0.05) is 0 Å². The zero-order valence-corrected chi connectivity index (χ0v) is 15.7. The summed E-state index contributed by atoms with van der Waals surface area (Å²) in [5.74, 6) is -5.34. The monoisotopic (exact) mass is 392 g/mol. The van der Waals surface area contributed by atoms with Crippen LogP contribution in [-0.2, 0) is 14.8 Å². The van der Waals surface area contributed by atoms with Crippen LogP contribution in [0.1, 0.15) is 46.5 Å². The summed E-state index contributed by atoms with van der Waals surface area (Å²) < 4.78 is 65.9. The third-order valence-corrected chi connectivity index (χ3v) is 6.78. The minimum Gasteiger partial charge on any atom is -0.323 e. The second-order valence-corrected chi connectivity index (χ2v) is 9.96. The van der Waals surface area contributed by atoms with Gasteiger partial charge in [-0.15, -0.1) is 0 Å². The number of amides is 1. The summed E-state index contributed by atoms with van der Waals surface area (Å²) in [7, 11) is -3.48. The van der Waals surface area contributed by atoms with Crippen LogP contribution in [0.15, 0.2) is 12.1 Å². The van der Waals surface area contributed by atoms with E-state index in [2.05, 4.69) is 10.0 Å². The molecule has 2 N–H and O–H groups in total. The summed E-state index contributed by atoms with van der Waals surface area (Å²) in [6.45, 7) is 4.81. The standard InChI is InChI=1S/C17H23F3N2O3S/c1-17(2,3)26(24,25)22-11-6-4-10(5-7-11)16(23)21-13-9-8-12(18)14(19)15(13)20/h8-11,22H,4-7H2,1-3H3,(H,21,23). The number of hydrogen-bond donors (Lipinski definition) is 2. The summed E-state index contributed by atoms with van der Waals surface area (Å²) in [5.41, 5.74) is -0.413. The molecular formula is C17H23F3N2O3S. The van der Waals surface area contributed by atoms with E-state index >= 15 is 0 Å². The van der Waals surface area contributed by atoms with E-state index in [9.17, 15) is 26.4 Å². The van der Waals surface area contributed by atoms with Crippen molar-refractivity contribution in [1.82, 2.24) is 4.72 Å². The molecule has 0 spiro atoms. The Balaban J connectivity index is 1.94. The zero-order chi connectivity index (χ0) is 19.7. The highest BCUT2D eigenvalue weighted by Gasteiger charge is 2.34. The fraction of sp³-hybridized carbons (Fsp3) is 0.588. The first-order chi connectivity index (χ1) is 11.9. The van der Waals surface area contributed by atoms with Gasteiger partial charge in [0.05, 0.1) is 10.4 Å². The van der Waals surface area contributed by atoms with Gasteiger partial charge in [-0.05, 0) is 58.6 Å². The molecule has 0 heterocycles. The summed E-state index contributed by atoms with van der Waals surface area (Å²) in [4.78, 5) is 12.2. The third kappa shape index (κ3) is 4.56. The molecule has 1 amide bonds. The van der Waals surface area contributed by atoms with Crippen LogP contribution in [0.5, 0.6) is 0 Å². The fourth-order valence-corrected chi connectivity index (χ4v) is 3.75. The molecule has 0 aliphatic heterocycles. The van der Waals surface area contributed by atoms with E-state index in [1.807, 2.05) is 0 Å². The maximum Gasteiger partial charge on any atom is 0.227 e. The molecule has 0 bridgehead atoms. The molecule has 0 unspecified atom stereocenters. The molecule has 0 atom stereocenters. The first-order valence-electron chi connectivity index (χ1n) is 8.38. The van der Waals surface area contributed by atoms with Crippen molar-refractivity contribution in [2.45, 2.75) is 57.2 Å². The second-order valence-electron chi connectivity index (χ2n) is 7.49. The first kappa shape index (κ1) is 20.7. The molecular weight excluding hydrogens is 369 g/mol. The number of hydrogen-bond acceptors (Lipinski definition) is 3. The lowest BCUT2D eigenvalue weighted by atomic mass is 9.86. The van der Waals surface area contributed by atoms with Crippen molar-refractivity contribution < 1.29 is 26.4 Å². The number of rotatable bonds is 4. The molecule has 26 heavy (non-hydrogen) atoms. The average Bonchev–Trinajstić information content (AvgIpc) is 2.54. The SMILES string of the molecule is CC(C)(C)S(=O)(=O)NC1CCC(C(=O)Nc2ccc(F)c(F)c2F)CC1. The van der Waals surface area contributed by atoms with E-state index in [0.717, 1.165) is 12.1 Å². The Morgan fingerprint density at radius 2 is 1.62 bits per heavy atom. The minimum absolute atomic E-state index is 0.261. The van der Waals surface area contributed by atoms with Gasteiger partial charge in [-0.3, -0.25) is 4.79 Å². The molecule has 1 aliphatic rings. The van der Waals surface area contributed by atoms with E-state index < -0.39 is 49.7 Å². The van der Waals surface area contributed by atoms with Crippen molar-refractivity contribution in [3.63, 3.8) is 0 Å². The highest BCUT2D eigenvalue weighted by Crippen LogP contribution is 2.28. The highest BCUT2D eigenvalue weighted by molar-refractivity contribution is 7.90. The van der Waals surface area contributed by atoms with E-state index in [1.165, 1.54) is 0 Å². The Bertz CT molecular complexity index is 783. The Morgan fingerprint density at radius 3 is 2.15 bits per heavy atom. The van der Waals surface area contributed by atoms with Gasteiger partial charge in [0.15, 0.2) is 17.5 Å². The summed E-state index contributed by atoms with van der Waals surface area (Å²) in [5, 5.41) is 2.28. The average molecular weight is 392 g/mol. The van der Waals surface area contributed by atoms with Crippen molar-refractivity contribution >= 4 is 21.6 Å². The van der Waals surface area contributed by atoms with Crippen LogP contribution in [0.4, 0.5) is 18.9 Å². The van der Waals surface area contributed by atoms with Gasteiger partial charge in [-0.25, -0.2) is 26.3 Å². The lowest BCUT2D eigenvalue weighted by Crippen LogP contribution is -2.46. The van der Waals surface area contributed by atoms with Crippen molar-refractivity contribution in [3.8, 4) is 0 Å². The number of halogens is 3. The largest absolute Gasteiger partial charge is 0.323 e. The molecule has 9 heteroatoms. The van der Waals surface area contributed by atoms with Gasteiger partial charge < -0.3 is 5.32 Å². The van der Waals surface area contributed by atoms with E-state index in [0.29, 0.717) is 25.7 Å². The van der Waals surface area contributed by atoms with Gasteiger partial charge in [0.2, 0.25) is 15.9 Å². The maximum atomic E-state index is 13.6. The van der Waals surface area contributed by atoms with Crippen LogP contribution in [0.2, 0.25) is 0 Å². The number of carbonyl (C=O) groups excluding carboxylic acids is 1. The van der Waals surface area contributed by atoms with E-state index in [1.54, 1.807) is 20.8 Å². The number of benzene rings is 1. The number of sulfonamides is 1. The molecule has 0 radical (unpaired) electrons. The fourth-order valence-electron chi connectivity index (χ4n) is 2.73. The Kier molecular flexibility index (Phi) is 6.02. The topological polar surface area (TPSA) is 75.3 Å². The van der Waals surface area contributed by atoms with Crippen LogP contribution in [0.25, 0.3) is 0 Å². The lowest BCUT2D eigenvalue weighted by Gasteiger charge is -2.30. The Morgan fingerprint density at radius 1 is 1.04 bits per heavy atom. The normalized spacial score (nSPS) is 21.5. The van der Waals surface area contributed by atoms with Gasteiger partial charge in [0, 0.05) is 12.0 Å². The molecule has 5 nitrogen and oxygen atoms in total. The molecule has 1 saturated carbocycles. The Labute approximate surface area is 151 Å². The van der Waals surface area contributed by atoms with E-state index in [4.69, 9.17) is 0 Å². The van der Waals surface area contributed by atoms with Gasteiger partial charge in [0.25, 0.3) is 0 Å². The van der Waals surface area contributed by atoms with Crippen molar-refractivity contribution in [1.29, 1.82) is 0 Å². The molecule has 2 rings (SSSR count). The van der Waals surface area contributed by atoms with Gasteiger partial charge >= 0.3 is 0 Å². The van der Waals surface area contributed by atoms with Crippen LogP contribution in [0.3, 0.4) is 0 Å². The van der Waals surface area contributed by atoms with E-state index in [-0.39, 0.29) is 6.04 Å². The Hall–Kier alpha value is -1.61. The zero-order valence-electron chi connectivity index (χ0n) is 14.9. The number of nitrogens with one attached hydrogen (secondary N) is 2. The summed E-state index contributed by atoms with van der Waals surface area (Å²) >= 11 is 0. The molecule has 0 saturated heterocycles. The summed E-state index contributed by atoms with van der Waals surface area (Å²) in [6, 6.07) is 1.45. The van der Waals surface area contributed by atoms with Crippen molar-refractivity contribution in [2.24, 2.45) is 5.92 Å². The van der Waals surface area contributed by atoms with Gasteiger partial charge in [-0.2, -0.15) is 0 Å². The predicted molar refractivity (Wildman–Crippen MR) is 92.5 cm³/mol. The van der Waals surface area contributed by atoms with Crippen LogP contribution < -0.4 is 10.0 Å². The van der Waals surface area contributed by atoms with Gasteiger partial charge in [0.1, 0.15) is 0 Å². The molecule has 146 valence electrons. The third-order valence-electron chi connectivity index (χ3n) is 4.52. The van der Waals surface area contributed by atoms with Crippen LogP contribution >= 0.6 is 0 Å². The van der Waals surface area contributed by atoms with Crippen LogP contribution in [-0.4, -0.2) is 25.1 Å². The smallest absolute Gasteiger partial charge is 0.227 e. The number of anilines is 1. The second kappa shape index (κ2) is 7.56. The minimum atomic E-state index is -3.48. The molecule has 0 aromatic heterocycles. The molecule has 1 fully saturated rings. The van der Waals surface area contributed by atoms with Crippen LogP contribution in [0, 0.1) is 23.4 Å². The molecule has 1 aromatic carbocycles. The van der Waals surface area contributed by atoms with Crippen molar-refractivity contribution in [2.75, 3.05) is 5.32 Å². The highest BCUT2D eigenvalue weighted by atomic mass is 32.2. The molecule has 1 aromatic rings. The number of carbonyl (C=O) groups is 1. The molecule has 1 aliphatic carbocycles. The lowest BCUT2D eigenvalue weighted by molar-refractivity contribution is -0.120. The summed E-state index contributed by atoms with van der Waals surface area (Å²) in [6.07, 6.45) is 1.75. The first-order valence-corrected chi connectivity index (χ1v) is 9.87.